The summed E-state index contributed by atoms with van der Waals surface area (Å²) in [4.78, 5) is 47.6. The highest BCUT2D eigenvalue weighted by molar-refractivity contribution is 5.99. The highest BCUT2D eigenvalue weighted by Gasteiger charge is 2.80. The molecule has 2 bridgehead atoms. The lowest BCUT2D eigenvalue weighted by molar-refractivity contribution is -0.158. The Bertz CT molecular complexity index is 1110. The second-order valence-corrected chi connectivity index (χ2v) is 11.4. The van der Waals surface area contributed by atoms with Crippen molar-refractivity contribution in [2.75, 3.05) is 26.7 Å². The van der Waals surface area contributed by atoms with E-state index in [1.807, 2.05) is 58.0 Å². The second kappa shape index (κ2) is 10.3. The van der Waals surface area contributed by atoms with Crippen LogP contribution in [0, 0.1) is 17.8 Å². The minimum absolute atomic E-state index is 0.0657. The number of aliphatic hydroxyl groups is 1. The summed E-state index contributed by atoms with van der Waals surface area (Å²) in [5.41, 5.74) is -1.37. The van der Waals surface area contributed by atoms with Gasteiger partial charge in [-0.15, -0.1) is 13.2 Å². The third-order valence-corrected chi connectivity index (χ3v) is 8.96. The first-order valence-electron chi connectivity index (χ1n) is 13.5. The molecule has 1 N–H and O–H groups in total. The molecule has 3 fully saturated rings. The second-order valence-electron chi connectivity index (χ2n) is 11.4. The van der Waals surface area contributed by atoms with Crippen LogP contribution >= 0.6 is 0 Å². The van der Waals surface area contributed by atoms with Crippen molar-refractivity contribution in [2.24, 2.45) is 17.8 Å². The number of amides is 3. The van der Waals surface area contributed by atoms with Gasteiger partial charge in [0.15, 0.2) is 0 Å². The van der Waals surface area contributed by atoms with Crippen LogP contribution in [0.5, 0.6) is 0 Å². The number of nitrogens with zero attached hydrogens (tertiary/aromatic N) is 3. The maximum Gasteiger partial charge on any atom is 0.248 e. The Hall–Kier alpha value is -2.97. The Balaban J connectivity index is 1.91. The maximum absolute atomic E-state index is 14.5. The highest BCUT2D eigenvalue weighted by Crippen LogP contribution is 2.66. The Morgan fingerprint density at radius 1 is 1.18 bits per heavy atom. The third kappa shape index (κ3) is 4.00. The molecule has 3 amide bonds. The smallest absolute Gasteiger partial charge is 0.248 e. The monoisotopic (exact) mass is 523 g/mol. The molecule has 8 nitrogen and oxygen atoms in total. The summed E-state index contributed by atoms with van der Waals surface area (Å²) >= 11 is 0. The van der Waals surface area contributed by atoms with E-state index in [1.54, 1.807) is 29.0 Å². The van der Waals surface area contributed by atoms with E-state index in [0.29, 0.717) is 19.5 Å². The fraction of sp³-hybridized carbons (Fsp3) is 0.567. The van der Waals surface area contributed by atoms with Gasteiger partial charge >= 0.3 is 0 Å². The Morgan fingerprint density at radius 2 is 1.82 bits per heavy atom. The third-order valence-electron chi connectivity index (χ3n) is 8.96. The topological polar surface area (TPSA) is 90.4 Å². The van der Waals surface area contributed by atoms with Crippen LogP contribution in [0.4, 0.5) is 0 Å². The molecule has 3 unspecified atom stereocenters. The number of ether oxygens (including phenoxy) is 1. The van der Waals surface area contributed by atoms with Gasteiger partial charge in [0.05, 0.1) is 30.1 Å². The molecule has 1 aromatic rings. The first-order chi connectivity index (χ1) is 18.0. The number of hydrogen-bond acceptors (Lipinski definition) is 5. The first kappa shape index (κ1) is 28.0. The van der Waals surface area contributed by atoms with Gasteiger partial charge in [-0.1, -0.05) is 49.4 Å². The number of likely N-dealkylation sites (N-methyl/N-ethyl adjacent to an activating group) is 1. The van der Waals surface area contributed by atoms with Crippen LogP contribution in [0.15, 0.2) is 55.6 Å². The maximum atomic E-state index is 14.5. The summed E-state index contributed by atoms with van der Waals surface area (Å²) in [5, 5.41) is 10.6. The molecule has 3 saturated heterocycles. The van der Waals surface area contributed by atoms with Crippen LogP contribution in [0.25, 0.3) is 0 Å². The molecule has 0 saturated carbocycles. The molecule has 3 aliphatic heterocycles. The standard InChI is InChI=1S/C30H41N3O5/c1-8-15-31(7)26(35)23-24-27(36)33(22(18-34)21-13-11-10-12-14-21)25(28(37)32(16-9-2)19(3)4)30(24)17-20(5)29(23,6)38-30/h8-14,19-20,22-25,34H,1-2,15-18H2,3-7H3/t20?,22-,23+,24+,25?,29-,30?/m1/s1. The average molecular weight is 524 g/mol. The number of fused-ring (bicyclic) bond motifs is 1. The summed E-state index contributed by atoms with van der Waals surface area (Å²) in [6.45, 7) is 15.6. The number of rotatable bonds is 10. The van der Waals surface area contributed by atoms with Crippen molar-refractivity contribution in [3.8, 4) is 0 Å². The lowest BCUT2D eigenvalue weighted by atomic mass is 9.62. The molecular weight excluding hydrogens is 482 g/mol. The fourth-order valence-corrected chi connectivity index (χ4v) is 7.07. The van der Waals surface area contributed by atoms with Crippen molar-refractivity contribution in [1.29, 1.82) is 0 Å². The van der Waals surface area contributed by atoms with Gasteiger partial charge < -0.3 is 24.5 Å². The number of likely N-dealkylation sites (tertiary alicyclic amines) is 1. The highest BCUT2D eigenvalue weighted by atomic mass is 16.5. The summed E-state index contributed by atoms with van der Waals surface area (Å²) in [6.07, 6.45) is 3.78. The van der Waals surface area contributed by atoms with Gasteiger partial charge in [-0.3, -0.25) is 14.4 Å². The lowest BCUT2D eigenvalue weighted by Crippen LogP contribution is -2.58. The minimum Gasteiger partial charge on any atom is -0.394 e. The van der Waals surface area contributed by atoms with Gasteiger partial charge in [-0.05, 0) is 38.7 Å². The number of benzene rings is 1. The van der Waals surface area contributed by atoms with Gasteiger partial charge in [0.2, 0.25) is 17.7 Å². The van der Waals surface area contributed by atoms with Crippen LogP contribution in [0.1, 0.15) is 45.7 Å². The largest absolute Gasteiger partial charge is 0.394 e. The molecule has 38 heavy (non-hydrogen) atoms. The molecule has 7 atom stereocenters. The van der Waals surface area contributed by atoms with Crippen molar-refractivity contribution in [3.05, 3.63) is 61.2 Å². The molecule has 8 heteroatoms. The summed E-state index contributed by atoms with van der Waals surface area (Å²) < 4.78 is 6.83. The van der Waals surface area contributed by atoms with Crippen LogP contribution in [0.3, 0.4) is 0 Å². The summed E-state index contributed by atoms with van der Waals surface area (Å²) in [7, 11) is 1.70. The first-order valence-corrected chi connectivity index (χ1v) is 13.5. The van der Waals surface area contributed by atoms with E-state index in [4.69, 9.17) is 4.74 Å². The average Bonchev–Trinajstić information content (AvgIpc) is 3.40. The summed E-state index contributed by atoms with van der Waals surface area (Å²) in [6, 6.07) is 7.32. The van der Waals surface area contributed by atoms with E-state index < -0.39 is 35.1 Å². The van der Waals surface area contributed by atoms with E-state index >= 15 is 0 Å². The van der Waals surface area contributed by atoms with Crippen LogP contribution in [-0.4, -0.2) is 87.6 Å². The van der Waals surface area contributed by atoms with Gasteiger partial charge in [0.1, 0.15) is 11.6 Å². The Kier molecular flexibility index (Phi) is 7.60. The van der Waals surface area contributed by atoms with Gasteiger partial charge in [0.25, 0.3) is 0 Å². The van der Waals surface area contributed by atoms with Crippen molar-refractivity contribution >= 4 is 17.7 Å². The summed E-state index contributed by atoms with van der Waals surface area (Å²) in [5.74, 6) is -2.44. The van der Waals surface area contributed by atoms with E-state index in [0.717, 1.165) is 5.56 Å². The quantitative estimate of drug-likeness (QED) is 0.477. The zero-order valence-corrected chi connectivity index (χ0v) is 23.2. The van der Waals surface area contributed by atoms with Crippen molar-refractivity contribution in [1.82, 2.24) is 14.7 Å². The van der Waals surface area contributed by atoms with Gasteiger partial charge in [-0.2, -0.15) is 0 Å². The predicted octanol–water partition coefficient (Wildman–Crippen LogP) is 2.80. The molecule has 3 heterocycles. The Labute approximate surface area is 225 Å². The fourth-order valence-electron chi connectivity index (χ4n) is 7.07. The van der Waals surface area contributed by atoms with Crippen molar-refractivity contribution in [3.63, 3.8) is 0 Å². The number of hydrogen-bond donors (Lipinski definition) is 1. The molecule has 206 valence electrons. The van der Waals surface area contributed by atoms with Crippen molar-refractivity contribution < 1.29 is 24.2 Å². The molecular formula is C30H41N3O5. The van der Waals surface area contributed by atoms with Gasteiger partial charge in [0, 0.05) is 26.2 Å². The van der Waals surface area contributed by atoms with Gasteiger partial charge in [-0.25, -0.2) is 0 Å². The van der Waals surface area contributed by atoms with E-state index in [-0.39, 0.29) is 36.3 Å². The molecule has 4 rings (SSSR count). The minimum atomic E-state index is -1.19. The van der Waals surface area contributed by atoms with E-state index in [2.05, 4.69) is 13.2 Å². The van der Waals surface area contributed by atoms with Crippen molar-refractivity contribution in [2.45, 2.75) is 63.4 Å². The molecule has 1 aromatic carbocycles. The molecule has 0 aromatic heterocycles. The zero-order chi connectivity index (χ0) is 28.0. The number of aliphatic hydroxyl groups excluding tert-OH is 1. The van der Waals surface area contributed by atoms with Crippen LogP contribution in [-0.2, 0) is 19.1 Å². The normalized spacial score (nSPS) is 32.3. The molecule has 1 spiro atoms. The predicted molar refractivity (Wildman–Crippen MR) is 145 cm³/mol. The zero-order valence-electron chi connectivity index (χ0n) is 23.2. The Morgan fingerprint density at radius 3 is 2.37 bits per heavy atom. The number of carbonyl (C=O) groups excluding carboxylic acids is 3. The molecule has 3 aliphatic rings. The lowest BCUT2D eigenvalue weighted by Gasteiger charge is -2.40. The van der Waals surface area contributed by atoms with Crippen LogP contribution in [0.2, 0.25) is 0 Å². The SMILES string of the molecule is C=CCN(C)C(=O)[C@@H]1[C@H]2C(=O)N([C@H](CO)c3ccccc3)C(C(=O)N(CC=C)C(C)C)C23CC(C)[C@@]1(C)O3. The number of carbonyl (C=O) groups is 3. The molecule has 0 aliphatic carbocycles. The van der Waals surface area contributed by atoms with E-state index in [9.17, 15) is 19.5 Å². The van der Waals surface area contributed by atoms with Crippen LogP contribution < -0.4 is 0 Å². The molecule has 0 radical (unpaired) electrons. The van der Waals surface area contributed by atoms with E-state index in [1.165, 1.54) is 4.90 Å².